The van der Waals surface area contributed by atoms with Crippen LogP contribution in [0.2, 0.25) is 0 Å². The summed E-state index contributed by atoms with van der Waals surface area (Å²) in [5, 5.41) is 10.8. The quantitative estimate of drug-likeness (QED) is 0.875. The summed E-state index contributed by atoms with van der Waals surface area (Å²) in [7, 11) is 1.65. The Hall–Kier alpha value is -1.88. The van der Waals surface area contributed by atoms with E-state index in [0.29, 0.717) is 13.0 Å². The molecule has 1 fully saturated rings. The van der Waals surface area contributed by atoms with Crippen LogP contribution >= 0.6 is 0 Å². The number of amides is 2. The van der Waals surface area contributed by atoms with E-state index in [1.807, 2.05) is 51.1 Å². The molecule has 1 aromatic rings. The number of hydrogen-bond acceptors (Lipinski definition) is 3. The van der Waals surface area contributed by atoms with E-state index in [9.17, 15) is 4.79 Å². The van der Waals surface area contributed by atoms with Crippen LogP contribution in [0.4, 0.5) is 4.79 Å². The standard InChI is InChI=1S/C16H23N3O2/c1-15(2,21-4)11-16(3)13(17)18-14(20)19(16)10-12-8-6-5-7-9-12/h5-9H,10-11H2,1-4H3,(H2,17,18,20). The van der Waals surface area contributed by atoms with Crippen LogP contribution in [0.5, 0.6) is 0 Å². The Morgan fingerprint density at radius 2 is 1.95 bits per heavy atom. The molecule has 0 bridgehead atoms. The van der Waals surface area contributed by atoms with Gasteiger partial charge in [-0.3, -0.25) is 10.7 Å². The van der Waals surface area contributed by atoms with Crippen LogP contribution in [0.15, 0.2) is 30.3 Å². The first-order valence-corrected chi connectivity index (χ1v) is 7.05. The van der Waals surface area contributed by atoms with Gasteiger partial charge in [0.25, 0.3) is 0 Å². The van der Waals surface area contributed by atoms with Crippen molar-refractivity contribution in [3.8, 4) is 0 Å². The largest absolute Gasteiger partial charge is 0.379 e. The SMILES string of the molecule is COC(C)(C)CC1(C)C(=N)NC(=O)N1Cc1ccccc1. The molecular formula is C16H23N3O2. The number of rotatable bonds is 5. The summed E-state index contributed by atoms with van der Waals surface area (Å²) in [5.41, 5.74) is -0.0573. The van der Waals surface area contributed by atoms with Crippen LogP contribution in [0, 0.1) is 5.41 Å². The molecule has 1 heterocycles. The minimum absolute atomic E-state index is 0.224. The number of amidine groups is 1. The Bertz CT molecular complexity index is 542. The number of urea groups is 1. The summed E-state index contributed by atoms with van der Waals surface area (Å²) in [6.45, 7) is 6.33. The second-order valence-electron chi connectivity index (χ2n) is 6.29. The normalized spacial score (nSPS) is 22.6. The second kappa shape index (κ2) is 5.48. The van der Waals surface area contributed by atoms with Gasteiger partial charge >= 0.3 is 6.03 Å². The lowest BCUT2D eigenvalue weighted by Gasteiger charge is -2.38. The molecule has 0 aliphatic carbocycles. The van der Waals surface area contributed by atoms with E-state index in [2.05, 4.69) is 5.32 Å². The molecule has 21 heavy (non-hydrogen) atoms. The van der Waals surface area contributed by atoms with Gasteiger partial charge < -0.3 is 9.64 Å². The van der Waals surface area contributed by atoms with Crippen molar-refractivity contribution in [2.75, 3.05) is 7.11 Å². The Morgan fingerprint density at radius 1 is 1.33 bits per heavy atom. The lowest BCUT2D eigenvalue weighted by molar-refractivity contribution is -0.00969. The van der Waals surface area contributed by atoms with Gasteiger partial charge in [-0.25, -0.2) is 4.79 Å². The molecule has 1 saturated heterocycles. The summed E-state index contributed by atoms with van der Waals surface area (Å²) < 4.78 is 5.48. The number of nitrogens with one attached hydrogen (secondary N) is 2. The van der Waals surface area contributed by atoms with E-state index in [4.69, 9.17) is 10.1 Å². The van der Waals surface area contributed by atoms with Crippen molar-refractivity contribution in [3.63, 3.8) is 0 Å². The highest BCUT2D eigenvalue weighted by atomic mass is 16.5. The average molecular weight is 289 g/mol. The summed E-state index contributed by atoms with van der Waals surface area (Å²) in [4.78, 5) is 13.9. The Balaban J connectivity index is 2.28. The van der Waals surface area contributed by atoms with Crippen LogP contribution in [0.25, 0.3) is 0 Å². The summed E-state index contributed by atoms with van der Waals surface area (Å²) in [6, 6.07) is 9.59. The smallest absolute Gasteiger partial charge is 0.323 e. The van der Waals surface area contributed by atoms with E-state index in [1.54, 1.807) is 12.0 Å². The Kier molecular flexibility index (Phi) is 4.05. The van der Waals surface area contributed by atoms with Crippen molar-refractivity contribution < 1.29 is 9.53 Å². The van der Waals surface area contributed by atoms with E-state index in [-0.39, 0.29) is 11.9 Å². The zero-order chi connectivity index (χ0) is 15.7. The molecule has 1 atom stereocenters. The highest BCUT2D eigenvalue weighted by molar-refractivity contribution is 6.08. The summed E-state index contributed by atoms with van der Waals surface area (Å²) in [6.07, 6.45) is 0.556. The van der Waals surface area contributed by atoms with Gasteiger partial charge in [0.05, 0.1) is 5.60 Å². The molecule has 1 unspecified atom stereocenters. The molecular weight excluding hydrogens is 266 g/mol. The topological polar surface area (TPSA) is 65.4 Å². The van der Waals surface area contributed by atoms with Gasteiger partial charge in [-0.05, 0) is 26.3 Å². The number of carbonyl (C=O) groups is 1. The van der Waals surface area contributed by atoms with Crippen molar-refractivity contribution >= 4 is 11.9 Å². The van der Waals surface area contributed by atoms with Crippen LogP contribution < -0.4 is 5.32 Å². The van der Waals surface area contributed by atoms with Gasteiger partial charge in [0.15, 0.2) is 0 Å². The summed E-state index contributed by atoms with van der Waals surface area (Å²) in [5.74, 6) is 0.230. The number of hydrogen-bond donors (Lipinski definition) is 2. The van der Waals surface area contributed by atoms with Crippen molar-refractivity contribution in [1.82, 2.24) is 10.2 Å². The van der Waals surface area contributed by atoms with Crippen molar-refractivity contribution in [2.24, 2.45) is 0 Å². The molecule has 2 amide bonds. The van der Waals surface area contributed by atoms with Gasteiger partial charge in [0.1, 0.15) is 11.4 Å². The van der Waals surface area contributed by atoms with Gasteiger partial charge in [-0.15, -0.1) is 0 Å². The van der Waals surface area contributed by atoms with Gasteiger partial charge in [-0.1, -0.05) is 30.3 Å². The van der Waals surface area contributed by atoms with Crippen LogP contribution in [-0.2, 0) is 11.3 Å². The van der Waals surface area contributed by atoms with Gasteiger partial charge in [0.2, 0.25) is 0 Å². The third kappa shape index (κ3) is 3.08. The lowest BCUT2D eigenvalue weighted by atomic mass is 9.86. The number of nitrogens with zero attached hydrogens (tertiary/aromatic N) is 1. The average Bonchev–Trinajstić information content (AvgIpc) is 2.63. The van der Waals surface area contributed by atoms with Crippen LogP contribution in [0.3, 0.4) is 0 Å². The molecule has 1 aromatic carbocycles. The van der Waals surface area contributed by atoms with E-state index in [1.165, 1.54) is 0 Å². The zero-order valence-corrected chi connectivity index (χ0v) is 13.1. The lowest BCUT2D eigenvalue weighted by Crippen LogP contribution is -2.51. The molecule has 0 radical (unpaired) electrons. The van der Waals surface area contributed by atoms with Crippen molar-refractivity contribution in [3.05, 3.63) is 35.9 Å². The highest BCUT2D eigenvalue weighted by Gasteiger charge is 2.49. The second-order valence-corrected chi connectivity index (χ2v) is 6.29. The third-order valence-corrected chi connectivity index (χ3v) is 4.12. The maximum Gasteiger partial charge on any atom is 0.323 e. The van der Waals surface area contributed by atoms with Crippen molar-refractivity contribution in [1.29, 1.82) is 5.41 Å². The van der Waals surface area contributed by atoms with E-state index >= 15 is 0 Å². The molecule has 5 heteroatoms. The number of ether oxygens (including phenoxy) is 1. The van der Waals surface area contributed by atoms with Crippen LogP contribution in [0.1, 0.15) is 32.8 Å². The fraction of sp³-hybridized carbons (Fsp3) is 0.500. The van der Waals surface area contributed by atoms with Crippen molar-refractivity contribution in [2.45, 2.75) is 44.9 Å². The van der Waals surface area contributed by atoms with Crippen LogP contribution in [-0.4, -0.2) is 35.0 Å². The first kappa shape index (κ1) is 15.5. The maximum atomic E-state index is 12.2. The molecule has 2 rings (SSSR count). The van der Waals surface area contributed by atoms with Gasteiger partial charge in [-0.2, -0.15) is 0 Å². The first-order chi connectivity index (χ1) is 9.78. The Morgan fingerprint density at radius 3 is 2.52 bits per heavy atom. The molecule has 2 N–H and O–H groups in total. The Labute approximate surface area is 125 Å². The minimum Gasteiger partial charge on any atom is -0.379 e. The predicted octanol–water partition coefficient (Wildman–Crippen LogP) is 2.76. The number of methoxy groups -OCH3 is 1. The molecule has 5 nitrogen and oxygen atoms in total. The fourth-order valence-corrected chi connectivity index (χ4v) is 2.77. The zero-order valence-electron chi connectivity index (χ0n) is 13.1. The molecule has 0 saturated carbocycles. The fourth-order valence-electron chi connectivity index (χ4n) is 2.77. The predicted molar refractivity (Wildman–Crippen MR) is 82.4 cm³/mol. The molecule has 0 aromatic heterocycles. The molecule has 114 valence electrons. The number of benzene rings is 1. The highest BCUT2D eigenvalue weighted by Crippen LogP contribution is 2.33. The maximum absolute atomic E-state index is 12.2. The van der Waals surface area contributed by atoms with Gasteiger partial charge in [0, 0.05) is 20.1 Å². The minimum atomic E-state index is -0.688. The first-order valence-electron chi connectivity index (χ1n) is 7.05. The van der Waals surface area contributed by atoms with E-state index < -0.39 is 11.1 Å². The monoisotopic (exact) mass is 289 g/mol. The van der Waals surface area contributed by atoms with E-state index in [0.717, 1.165) is 5.56 Å². The molecule has 1 aliphatic heterocycles. The third-order valence-electron chi connectivity index (χ3n) is 4.12. The summed E-state index contributed by atoms with van der Waals surface area (Å²) >= 11 is 0. The molecule has 0 spiro atoms. The molecule has 1 aliphatic rings. The number of carbonyl (C=O) groups excluding carboxylic acids is 1.